The van der Waals surface area contributed by atoms with Crippen molar-refractivity contribution in [2.24, 2.45) is 0 Å². The van der Waals surface area contributed by atoms with Crippen LogP contribution in [-0.4, -0.2) is 89.0 Å². The molecule has 1 aromatic rings. The number of anilines is 3. The first-order chi connectivity index (χ1) is 11.1. The molecule has 0 saturated carbocycles. The average molecular weight is 342 g/mol. The van der Waals surface area contributed by atoms with Gasteiger partial charge < -0.3 is 30.0 Å². The van der Waals surface area contributed by atoms with Crippen LogP contribution in [0.15, 0.2) is 0 Å². The number of carboxylic acids is 3. The van der Waals surface area contributed by atoms with E-state index in [0.29, 0.717) is 0 Å². The molecule has 0 fully saturated rings. The van der Waals surface area contributed by atoms with Crippen molar-refractivity contribution in [2.75, 3.05) is 55.5 Å². The van der Waals surface area contributed by atoms with Gasteiger partial charge in [-0.05, 0) is 0 Å². The molecule has 0 amide bonds. The number of rotatable bonds is 9. The summed E-state index contributed by atoms with van der Waals surface area (Å²) in [5.74, 6) is -3.40. The van der Waals surface area contributed by atoms with Crippen molar-refractivity contribution >= 4 is 35.8 Å². The van der Waals surface area contributed by atoms with Gasteiger partial charge in [0.25, 0.3) is 0 Å². The number of likely N-dealkylation sites (N-methyl/N-ethyl adjacent to an activating group) is 3. The summed E-state index contributed by atoms with van der Waals surface area (Å²) in [7, 11) is 4.31. The number of nitrogens with zero attached hydrogens (tertiary/aromatic N) is 6. The van der Waals surface area contributed by atoms with Crippen molar-refractivity contribution in [3.63, 3.8) is 0 Å². The normalized spacial score (nSPS) is 10.1. The number of aromatic nitrogens is 3. The van der Waals surface area contributed by atoms with Crippen LogP contribution >= 0.6 is 0 Å². The molecule has 12 heteroatoms. The van der Waals surface area contributed by atoms with Crippen molar-refractivity contribution in [3.8, 4) is 0 Å². The van der Waals surface area contributed by atoms with E-state index in [4.69, 9.17) is 15.3 Å². The molecule has 0 atom stereocenters. The molecule has 0 bridgehead atoms. The van der Waals surface area contributed by atoms with Crippen molar-refractivity contribution < 1.29 is 29.7 Å². The highest BCUT2D eigenvalue weighted by molar-refractivity contribution is 5.74. The Hall–Kier alpha value is -3.18. The lowest BCUT2D eigenvalue weighted by Gasteiger charge is -2.22. The monoisotopic (exact) mass is 342 g/mol. The fraction of sp³-hybridized carbons (Fsp3) is 0.500. The second-order valence-corrected chi connectivity index (χ2v) is 4.98. The second-order valence-electron chi connectivity index (χ2n) is 4.98. The van der Waals surface area contributed by atoms with E-state index >= 15 is 0 Å². The molecular formula is C12H18N6O6. The van der Waals surface area contributed by atoms with E-state index in [1.807, 2.05) is 0 Å². The van der Waals surface area contributed by atoms with Gasteiger partial charge >= 0.3 is 17.9 Å². The summed E-state index contributed by atoms with van der Waals surface area (Å²) >= 11 is 0. The third-order valence-electron chi connectivity index (χ3n) is 2.74. The van der Waals surface area contributed by atoms with E-state index in [2.05, 4.69) is 15.0 Å². The van der Waals surface area contributed by atoms with Crippen molar-refractivity contribution in [3.05, 3.63) is 0 Å². The average Bonchev–Trinajstić information content (AvgIpc) is 2.44. The van der Waals surface area contributed by atoms with Crippen LogP contribution in [0.5, 0.6) is 0 Å². The van der Waals surface area contributed by atoms with Gasteiger partial charge in [-0.1, -0.05) is 0 Å². The Morgan fingerprint density at radius 1 is 0.667 bits per heavy atom. The molecule has 1 rings (SSSR count). The summed E-state index contributed by atoms with van der Waals surface area (Å²) in [6.07, 6.45) is 0. The van der Waals surface area contributed by atoms with E-state index < -0.39 is 37.5 Å². The summed E-state index contributed by atoms with van der Waals surface area (Å²) in [5, 5.41) is 26.6. The minimum absolute atomic E-state index is 0.0214. The summed E-state index contributed by atoms with van der Waals surface area (Å²) in [5.41, 5.74) is 0. The molecule has 1 aromatic heterocycles. The molecule has 0 spiro atoms. The maximum absolute atomic E-state index is 10.8. The molecule has 0 aliphatic rings. The molecule has 0 aliphatic heterocycles. The highest BCUT2D eigenvalue weighted by atomic mass is 16.4. The van der Waals surface area contributed by atoms with E-state index in [9.17, 15) is 14.4 Å². The van der Waals surface area contributed by atoms with Crippen molar-refractivity contribution in [1.82, 2.24) is 15.0 Å². The largest absolute Gasteiger partial charge is 0.480 e. The van der Waals surface area contributed by atoms with Gasteiger partial charge in [-0.15, -0.1) is 0 Å². The van der Waals surface area contributed by atoms with Crippen LogP contribution in [0.1, 0.15) is 0 Å². The maximum atomic E-state index is 10.8. The predicted molar refractivity (Wildman–Crippen MR) is 82.5 cm³/mol. The number of aliphatic carboxylic acids is 3. The topological polar surface area (TPSA) is 160 Å². The van der Waals surface area contributed by atoms with Gasteiger partial charge in [0.05, 0.1) is 0 Å². The standard InChI is InChI=1S/C12H18N6O6/c1-16(4-7(19)20)10-13-11(17(2)5-8(21)22)15-12(14-10)18(3)6-9(23)24/h4-6H2,1-3H3,(H,19,20)(H,21,22)(H,23,24). The van der Waals surface area contributed by atoms with Crippen molar-refractivity contribution in [1.29, 1.82) is 0 Å². The zero-order valence-electron chi connectivity index (χ0n) is 13.4. The van der Waals surface area contributed by atoms with Gasteiger partial charge in [-0.25, -0.2) is 0 Å². The van der Waals surface area contributed by atoms with Crippen LogP contribution in [0.25, 0.3) is 0 Å². The van der Waals surface area contributed by atoms with Gasteiger partial charge in [0.1, 0.15) is 19.6 Å². The Morgan fingerprint density at radius 2 is 0.875 bits per heavy atom. The minimum Gasteiger partial charge on any atom is -0.480 e. The Bertz CT molecular complexity index is 540. The third kappa shape index (κ3) is 5.55. The molecule has 3 N–H and O–H groups in total. The number of carboxylic acid groups (broad SMARTS) is 3. The fourth-order valence-electron chi connectivity index (χ4n) is 1.68. The van der Waals surface area contributed by atoms with Gasteiger partial charge in [-0.3, -0.25) is 14.4 Å². The van der Waals surface area contributed by atoms with Crippen LogP contribution < -0.4 is 14.7 Å². The van der Waals surface area contributed by atoms with E-state index in [0.717, 1.165) is 0 Å². The molecule has 0 radical (unpaired) electrons. The lowest BCUT2D eigenvalue weighted by molar-refractivity contribution is -0.136. The number of hydrogen-bond acceptors (Lipinski definition) is 9. The van der Waals surface area contributed by atoms with Gasteiger partial charge in [-0.2, -0.15) is 15.0 Å². The molecule has 0 aliphatic carbocycles. The van der Waals surface area contributed by atoms with E-state index in [-0.39, 0.29) is 17.8 Å². The summed E-state index contributed by atoms with van der Waals surface area (Å²) in [4.78, 5) is 48.2. The van der Waals surface area contributed by atoms with Crippen LogP contribution in [0.3, 0.4) is 0 Å². The lowest BCUT2D eigenvalue weighted by Crippen LogP contribution is -2.33. The van der Waals surface area contributed by atoms with Gasteiger partial charge in [0, 0.05) is 21.1 Å². The molecule has 12 nitrogen and oxygen atoms in total. The van der Waals surface area contributed by atoms with Crippen LogP contribution in [-0.2, 0) is 14.4 Å². The van der Waals surface area contributed by atoms with Gasteiger partial charge in [0.15, 0.2) is 0 Å². The smallest absolute Gasteiger partial charge is 0.323 e. The molecule has 0 saturated heterocycles. The van der Waals surface area contributed by atoms with Crippen LogP contribution in [0.4, 0.5) is 17.8 Å². The Morgan fingerprint density at radius 3 is 1.04 bits per heavy atom. The SMILES string of the molecule is CN(CC(=O)O)c1nc(N(C)CC(=O)O)nc(N(C)CC(=O)O)n1. The minimum atomic E-state index is -1.11. The molecular weight excluding hydrogens is 324 g/mol. The zero-order valence-corrected chi connectivity index (χ0v) is 13.4. The first-order valence-electron chi connectivity index (χ1n) is 6.65. The molecule has 1 heterocycles. The number of carbonyl (C=O) groups is 3. The maximum Gasteiger partial charge on any atom is 0.323 e. The molecule has 24 heavy (non-hydrogen) atoms. The third-order valence-corrected chi connectivity index (χ3v) is 2.74. The van der Waals surface area contributed by atoms with Gasteiger partial charge in [0.2, 0.25) is 17.8 Å². The molecule has 0 aromatic carbocycles. The number of hydrogen-bond donors (Lipinski definition) is 3. The molecule has 132 valence electrons. The zero-order chi connectivity index (χ0) is 18.4. The lowest BCUT2D eigenvalue weighted by atomic mass is 10.5. The Kier molecular flexibility index (Phi) is 6.21. The first kappa shape index (κ1) is 18.9. The second kappa shape index (κ2) is 7.89. The Labute approximate surface area is 137 Å². The Balaban J connectivity index is 3.24. The summed E-state index contributed by atoms with van der Waals surface area (Å²) in [6.45, 7) is -1.18. The quantitative estimate of drug-likeness (QED) is 0.474. The predicted octanol–water partition coefficient (Wildman–Crippen LogP) is -1.57. The van der Waals surface area contributed by atoms with E-state index in [1.54, 1.807) is 0 Å². The first-order valence-corrected chi connectivity index (χ1v) is 6.65. The summed E-state index contributed by atoms with van der Waals surface area (Å²) in [6, 6.07) is 0. The van der Waals surface area contributed by atoms with E-state index in [1.165, 1.54) is 35.8 Å². The van der Waals surface area contributed by atoms with Crippen LogP contribution in [0, 0.1) is 0 Å². The summed E-state index contributed by atoms with van der Waals surface area (Å²) < 4.78 is 0. The van der Waals surface area contributed by atoms with Crippen LogP contribution in [0.2, 0.25) is 0 Å². The fourth-order valence-corrected chi connectivity index (χ4v) is 1.68. The van der Waals surface area contributed by atoms with Crippen molar-refractivity contribution in [2.45, 2.75) is 0 Å². The highest BCUT2D eigenvalue weighted by Crippen LogP contribution is 2.17. The molecule has 0 unspecified atom stereocenters. The highest BCUT2D eigenvalue weighted by Gasteiger charge is 2.19.